The first-order valence-corrected chi connectivity index (χ1v) is 5.87. The van der Waals surface area contributed by atoms with E-state index in [4.69, 9.17) is 0 Å². The van der Waals surface area contributed by atoms with E-state index in [0.29, 0.717) is 0 Å². The predicted octanol–water partition coefficient (Wildman–Crippen LogP) is 2.27. The van der Waals surface area contributed by atoms with Crippen molar-refractivity contribution in [3.8, 4) is 0 Å². The molecule has 1 atom stereocenters. The van der Waals surface area contributed by atoms with Gasteiger partial charge in [0.2, 0.25) is 0 Å². The number of rotatable bonds is 5. The summed E-state index contributed by atoms with van der Waals surface area (Å²) in [7, 11) is 0. The molecule has 1 aliphatic rings. The van der Waals surface area contributed by atoms with Crippen LogP contribution in [0.5, 0.6) is 0 Å². The molecule has 1 unspecified atom stereocenters. The summed E-state index contributed by atoms with van der Waals surface area (Å²) < 4.78 is 0. The van der Waals surface area contributed by atoms with Gasteiger partial charge in [-0.3, -0.25) is 0 Å². The molecular formula is C12H25NO. The molecule has 14 heavy (non-hydrogen) atoms. The van der Waals surface area contributed by atoms with E-state index in [1.54, 1.807) is 0 Å². The second kappa shape index (κ2) is 4.63. The van der Waals surface area contributed by atoms with E-state index in [1.807, 2.05) is 0 Å². The number of hydrogen-bond acceptors (Lipinski definition) is 2. The van der Waals surface area contributed by atoms with Crippen LogP contribution in [0.2, 0.25) is 0 Å². The maximum absolute atomic E-state index is 9.91. The smallest absolute Gasteiger partial charge is 0.0600 e. The topological polar surface area (TPSA) is 23.5 Å². The Morgan fingerprint density at radius 1 is 1.36 bits per heavy atom. The van der Waals surface area contributed by atoms with E-state index in [0.717, 1.165) is 25.6 Å². The fourth-order valence-corrected chi connectivity index (χ4v) is 1.76. The molecule has 0 aromatic heterocycles. The van der Waals surface area contributed by atoms with Gasteiger partial charge in [0.1, 0.15) is 0 Å². The van der Waals surface area contributed by atoms with Crippen LogP contribution in [0.1, 0.15) is 47.0 Å². The molecule has 1 fully saturated rings. The molecule has 0 saturated heterocycles. The van der Waals surface area contributed by atoms with Gasteiger partial charge in [-0.25, -0.2) is 0 Å². The van der Waals surface area contributed by atoms with Crippen molar-refractivity contribution >= 4 is 0 Å². The van der Waals surface area contributed by atoms with E-state index >= 15 is 0 Å². The van der Waals surface area contributed by atoms with Crippen molar-refractivity contribution in [2.24, 2.45) is 5.41 Å². The maximum Gasteiger partial charge on any atom is 0.0600 e. The highest BCUT2D eigenvalue weighted by Crippen LogP contribution is 2.28. The molecule has 0 spiro atoms. The van der Waals surface area contributed by atoms with Crippen molar-refractivity contribution < 1.29 is 5.11 Å². The second-order valence-corrected chi connectivity index (χ2v) is 5.53. The molecule has 0 aromatic rings. The van der Waals surface area contributed by atoms with Gasteiger partial charge in [0.05, 0.1) is 6.10 Å². The fraction of sp³-hybridized carbons (Fsp3) is 1.00. The molecule has 1 rings (SSSR count). The zero-order chi connectivity index (χ0) is 10.8. The molecule has 0 aliphatic heterocycles. The van der Waals surface area contributed by atoms with Crippen LogP contribution >= 0.6 is 0 Å². The van der Waals surface area contributed by atoms with Gasteiger partial charge in [0.25, 0.3) is 0 Å². The summed E-state index contributed by atoms with van der Waals surface area (Å²) in [5.74, 6) is 0. The average Bonchev–Trinajstić information content (AvgIpc) is 2.87. The van der Waals surface area contributed by atoms with Crippen molar-refractivity contribution in [3.63, 3.8) is 0 Å². The monoisotopic (exact) mass is 199 g/mol. The van der Waals surface area contributed by atoms with Gasteiger partial charge < -0.3 is 10.0 Å². The summed E-state index contributed by atoms with van der Waals surface area (Å²) in [5.41, 5.74) is 0.0307. The number of hydrogen-bond donors (Lipinski definition) is 1. The van der Waals surface area contributed by atoms with Crippen LogP contribution in [-0.4, -0.2) is 35.2 Å². The first kappa shape index (κ1) is 12.0. The highest BCUT2D eigenvalue weighted by Gasteiger charge is 2.29. The molecule has 0 bridgehead atoms. The zero-order valence-corrected chi connectivity index (χ0v) is 10.1. The molecule has 1 aliphatic carbocycles. The lowest BCUT2D eigenvalue weighted by molar-refractivity contribution is 0.0453. The Hall–Kier alpha value is -0.0800. The number of aliphatic hydroxyl groups is 1. The first-order valence-electron chi connectivity index (χ1n) is 5.87. The Labute approximate surface area is 88.3 Å². The van der Waals surface area contributed by atoms with Crippen LogP contribution in [-0.2, 0) is 0 Å². The minimum Gasteiger partial charge on any atom is -0.393 e. The standard InChI is InChI=1S/C12H25NO/c1-5-13(10-6-7-10)9-8-11(14)12(2,3)4/h10-11,14H,5-9H2,1-4H3. The van der Waals surface area contributed by atoms with E-state index in [9.17, 15) is 5.11 Å². The Kier molecular flexibility index (Phi) is 3.96. The van der Waals surface area contributed by atoms with Gasteiger partial charge >= 0.3 is 0 Å². The molecule has 84 valence electrons. The summed E-state index contributed by atoms with van der Waals surface area (Å²) in [4.78, 5) is 2.50. The summed E-state index contributed by atoms with van der Waals surface area (Å²) in [6.45, 7) is 10.7. The average molecular weight is 199 g/mol. The molecular weight excluding hydrogens is 174 g/mol. The molecule has 0 heterocycles. The van der Waals surface area contributed by atoms with Crippen molar-refractivity contribution in [1.82, 2.24) is 4.90 Å². The first-order chi connectivity index (χ1) is 6.45. The largest absolute Gasteiger partial charge is 0.393 e. The Bertz CT molecular complexity index is 168. The zero-order valence-electron chi connectivity index (χ0n) is 10.1. The van der Waals surface area contributed by atoms with Gasteiger partial charge in [-0.15, -0.1) is 0 Å². The number of aliphatic hydroxyl groups excluding tert-OH is 1. The third-order valence-corrected chi connectivity index (χ3v) is 3.16. The summed E-state index contributed by atoms with van der Waals surface area (Å²) >= 11 is 0. The second-order valence-electron chi connectivity index (χ2n) is 5.53. The maximum atomic E-state index is 9.91. The van der Waals surface area contributed by atoms with Gasteiger partial charge in [0, 0.05) is 12.6 Å². The molecule has 1 saturated carbocycles. The van der Waals surface area contributed by atoms with E-state index in [1.165, 1.54) is 12.8 Å². The lowest BCUT2D eigenvalue weighted by Gasteiger charge is -2.28. The summed E-state index contributed by atoms with van der Waals surface area (Å²) in [6.07, 6.45) is 3.46. The van der Waals surface area contributed by atoms with Crippen molar-refractivity contribution in [3.05, 3.63) is 0 Å². The molecule has 2 heteroatoms. The minimum atomic E-state index is -0.171. The van der Waals surface area contributed by atoms with Crippen LogP contribution in [0.4, 0.5) is 0 Å². The quantitative estimate of drug-likeness (QED) is 0.734. The third kappa shape index (κ3) is 3.58. The van der Waals surface area contributed by atoms with Crippen LogP contribution in [0.3, 0.4) is 0 Å². The third-order valence-electron chi connectivity index (χ3n) is 3.16. The van der Waals surface area contributed by atoms with Crippen LogP contribution < -0.4 is 0 Å². The van der Waals surface area contributed by atoms with Crippen molar-refractivity contribution in [2.75, 3.05) is 13.1 Å². The lowest BCUT2D eigenvalue weighted by Crippen LogP contribution is -2.33. The van der Waals surface area contributed by atoms with E-state index in [-0.39, 0.29) is 11.5 Å². The SMILES string of the molecule is CCN(CCC(O)C(C)(C)C)C1CC1. The molecule has 0 radical (unpaired) electrons. The van der Waals surface area contributed by atoms with Crippen molar-refractivity contribution in [1.29, 1.82) is 0 Å². The van der Waals surface area contributed by atoms with Crippen LogP contribution in [0, 0.1) is 5.41 Å². The van der Waals surface area contributed by atoms with Crippen LogP contribution in [0.15, 0.2) is 0 Å². The van der Waals surface area contributed by atoms with E-state index in [2.05, 4.69) is 32.6 Å². The normalized spacial score (nSPS) is 20.1. The van der Waals surface area contributed by atoms with Crippen LogP contribution in [0.25, 0.3) is 0 Å². The molecule has 0 aromatic carbocycles. The molecule has 1 N–H and O–H groups in total. The van der Waals surface area contributed by atoms with E-state index < -0.39 is 0 Å². The Morgan fingerprint density at radius 2 is 1.93 bits per heavy atom. The minimum absolute atomic E-state index is 0.0307. The molecule has 2 nitrogen and oxygen atoms in total. The van der Waals surface area contributed by atoms with Crippen molar-refractivity contribution in [2.45, 2.75) is 59.1 Å². The number of nitrogens with zero attached hydrogens (tertiary/aromatic N) is 1. The summed E-state index contributed by atoms with van der Waals surface area (Å²) in [6, 6.07) is 0.826. The Morgan fingerprint density at radius 3 is 2.29 bits per heavy atom. The molecule has 0 amide bonds. The highest BCUT2D eigenvalue weighted by atomic mass is 16.3. The van der Waals surface area contributed by atoms with Gasteiger partial charge in [-0.1, -0.05) is 27.7 Å². The highest BCUT2D eigenvalue weighted by molar-refractivity contribution is 4.85. The van der Waals surface area contributed by atoms with Gasteiger partial charge in [-0.2, -0.15) is 0 Å². The lowest BCUT2D eigenvalue weighted by atomic mass is 9.87. The fourth-order valence-electron chi connectivity index (χ4n) is 1.76. The van der Waals surface area contributed by atoms with Gasteiger partial charge in [0.15, 0.2) is 0 Å². The Balaban J connectivity index is 2.24. The summed E-state index contributed by atoms with van der Waals surface area (Å²) in [5, 5.41) is 9.91. The predicted molar refractivity (Wildman–Crippen MR) is 60.3 cm³/mol. The van der Waals surface area contributed by atoms with Gasteiger partial charge in [-0.05, 0) is 31.2 Å².